The van der Waals surface area contributed by atoms with E-state index in [4.69, 9.17) is 5.73 Å². The predicted octanol–water partition coefficient (Wildman–Crippen LogP) is 0.332. The van der Waals surface area contributed by atoms with E-state index < -0.39 is 11.9 Å². The van der Waals surface area contributed by atoms with Gasteiger partial charge in [-0.1, -0.05) is 12.1 Å². The first kappa shape index (κ1) is 15.2. The van der Waals surface area contributed by atoms with Crippen molar-refractivity contribution >= 4 is 22.7 Å². The molecule has 1 atom stereocenters. The lowest BCUT2D eigenvalue weighted by Crippen LogP contribution is -2.43. The lowest BCUT2D eigenvalue weighted by atomic mass is 10.2. The molecule has 0 aliphatic carbocycles. The number of nitrogens with two attached hydrogens (primary N) is 1. The summed E-state index contributed by atoms with van der Waals surface area (Å²) in [7, 11) is 0. The summed E-state index contributed by atoms with van der Waals surface area (Å²) in [5, 5.41) is 0.524. The highest BCUT2D eigenvalue weighted by atomic mass is 16.2. The van der Waals surface area contributed by atoms with Crippen LogP contribution in [-0.2, 0) is 16.0 Å². The number of nitrogens with one attached hydrogen (secondary N) is 1. The number of nitrogens with zero attached hydrogens (tertiary/aromatic N) is 2. The number of carbonyl (C=O) groups is 2. The minimum absolute atomic E-state index is 0.137. The average molecular weight is 314 g/mol. The summed E-state index contributed by atoms with van der Waals surface area (Å²) in [4.78, 5) is 44.2. The molecule has 3 N–H and O–H groups in total. The zero-order chi connectivity index (χ0) is 16.4. The van der Waals surface area contributed by atoms with Gasteiger partial charge in [-0.25, -0.2) is 4.98 Å². The molecular formula is C16H18N4O3. The van der Waals surface area contributed by atoms with E-state index in [1.807, 2.05) is 6.07 Å². The molecule has 7 heteroatoms. The van der Waals surface area contributed by atoms with Crippen LogP contribution < -0.4 is 11.3 Å². The van der Waals surface area contributed by atoms with Crippen molar-refractivity contribution < 1.29 is 9.59 Å². The topological polar surface area (TPSA) is 109 Å². The van der Waals surface area contributed by atoms with Crippen molar-refractivity contribution in [3.63, 3.8) is 0 Å². The Labute approximate surface area is 132 Å². The van der Waals surface area contributed by atoms with Gasteiger partial charge in [0.05, 0.1) is 10.9 Å². The first-order chi connectivity index (χ1) is 11.1. The molecule has 0 bridgehead atoms. The Morgan fingerprint density at radius 2 is 2.13 bits per heavy atom. The van der Waals surface area contributed by atoms with E-state index >= 15 is 0 Å². The van der Waals surface area contributed by atoms with Crippen LogP contribution in [0.4, 0.5) is 0 Å². The summed E-state index contributed by atoms with van der Waals surface area (Å²) in [6, 6.07) is 6.55. The van der Waals surface area contributed by atoms with Crippen LogP contribution in [0.5, 0.6) is 0 Å². The summed E-state index contributed by atoms with van der Waals surface area (Å²) in [6.07, 6.45) is 1.91. The zero-order valence-corrected chi connectivity index (χ0v) is 12.6. The van der Waals surface area contributed by atoms with Crippen LogP contribution in [0.1, 0.15) is 25.1 Å². The summed E-state index contributed by atoms with van der Waals surface area (Å²) in [5.74, 6) is -0.132. The second-order valence-corrected chi connectivity index (χ2v) is 5.68. The Balaban J connectivity index is 1.72. The fourth-order valence-electron chi connectivity index (χ4n) is 2.98. The van der Waals surface area contributed by atoms with Crippen molar-refractivity contribution in [3.8, 4) is 0 Å². The molecule has 1 aliphatic rings. The predicted molar refractivity (Wildman–Crippen MR) is 84.6 cm³/mol. The second kappa shape index (κ2) is 6.20. The molecule has 0 spiro atoms. The highest BCUT2D eigenvalue weighted by Gasteiger charge is 2.32. The molecular weight excluding hydrogens is 296 g/mol. The second-order valence-electron chi connectivity index (χ2n) is 5.68. The molecule has 7 nitrogen and oxygen atoms in total. The normalized spacial score (nSPS) is 17.6. The van der Waals surface area contributed by atoms with Gasteiger partial charge >= 0.3 is 0 Å². The number of benzene rings is 1. The highest BCUT2D eigenvalue weighted by molar-refractivity contribution is 5.87. The van der Waals surface area contributed by atoms with Crippen LogP contribution in [-0.4, -0.2) is 39.3 Å². The Kier molecular flexibility index (Phi) is 4.10. The fraction of sp³-hybridized carbons (Fsp3) is 0.375. The first-order valence-electron chi connectivity index (χ1n) is 7.63. The van der Waals surface area contributed by atoms with Crippen LogP contribution >= 0.6 is 0 Å². The molecule has 1 aromatic heterocycles. The molecule has 1 saturated heterocycles. The molecule has 1 aromatic carbocycles. The summed E-state index contributed by atoms with van der Waals surface area (Å²) in [6.45, 7) is 0.550. The number of H-pyrrole nitrogens is 1. The maximum Gasteiger partial charge on any atom is 0.258 e. The third kappa shape index (κ3) is 3.08. The number of para-hydroxylation sites is 1. The number of likely N-dealkylation sites (tertiary alicyclic amines) is 1. The van der Waals surface area contributed by atoms with Crippen molar-refractivity contribution in [2.24, 2.45) is 5.73 Å². The summed E-state index contributed by atoms with van der Waals surface area (Å²) in [5.41, 5.74) is 5.72. The number of aryl methyl sites for hydroxylation is 1. The number of rotatable bonds is 4. The van der Waals surface area contributed by atoms with Crippen molar-refractivity contribution in [1.82, 2.24) is 14.9 Å². The van der Waals surface area contributed by atoms with Crippen LogP contribution in [0.15, 0.2) is 29.1 Å². The van der Waals surface area contributed by atoms with Crippen molar-refractivity contribution in [2.45, 2.75) is 31.7 Å². The number of primary amides is 1. The molecule has 3 rings (SSSR count). The fourth-order valence-corrected chi connectivity index (χ4v) is 2.98. The smallest absolute Gasteiger partial charge is 0.258 e. The van der Waals surface area contributed by atoms with Gasteiger partial charge < -0.3 is 15.6 Å². The van der Waals surface area contributed by atoms with Gasteiger partial charge in [-0.3, -0.25) is 14.4 Å². The number of hydrogen-bond donors (Lipinski definition) is 2. The highest BCUT2D eigenvalue weighted by Crippen LogP contribution is 2.18. The van der Waals surface area contributed by atoms with Crippen LogP contribution in [0, 0.1) is 0 Å². The third-order valence-electron chi connectivity index (χ3n) is 4.14. The van der Waals surface area contributed by atoms with Gasteiger partial charge in [0.25, 0.3) is 5.56 Å². The van der Waals surface area contributed by atoms with E-state index in [0.717, 1.165) is 6.42 Å². The largest absolute Gasteiger partial charge is 0.368 e. The van der Waals surface area contributed by atoms with Crippen LogP contribution in [0.25, 0.3) is 10.9 Å². The van der Waals surface area contributed by atoms with Crippen LogP contribution in [0.2, 0.25) is 0 Å². The maximum absolute atomic E-state index is 12.3. The number of amides is 2. The molecule has 0 unspecified atom stereocenters. The molecule has 2 aromatic rings. The van der Waals surface area contributed by atoms with Gasteiger partial charge in [0.2, 0.25) is 11.8 Å². The minimum Gasteiger partial charge on any atom is -0.368 e. The maximum atomic E-state index is 12.3. The zero-order valence-electron chi connectivity index (χ0n) is 12.6. The monoisotopic (exact) mass is 314 g/mol. The molecule has 0 radical (unpaired) electrons. The van der Waals surface area contributed by atoms with Gasteiger partial charge in [-0.15, -0.1) is 0 Å². The van der Waals surface area contributed by atoms with Gasteiger partial charge in [0.1, 0.15) is 11.9 Å². The van der Waals surface area contributed by atoms with Gasteiger partial charge in [0.15, 0.2) is 0 Å². The molecule has 2 amide bonds. The Bertz CT molecular complexity index is 814. The van der Waals surface area contributed by atoms with Crippen LogP contribution in [0.3, 0.4) is 0 Å². The van der Waals surface area contributed by atoms with Crippen molar-refractivity contribution in [1.29, 1.82) is 0 Å². The number of aromatic nitrogens is 2. The molecule has 1 aliphatic heterocycles. The Hall–Kier alpha value is -2.70. The van der Waals surface area contributed by atoms with Gasteiger partial charge in [0, 0.05) is 19.4 Å². The van der Waals surface area contributed by atoms with E-state index in [2.05, 4.69) is 9.97 Å². The molecule has 1 fully saturated rings. The number of aromatic amines is 1. The van der Waals surface area contributed by atoms with E-state index in [-0.39, 0.29) is 17.9 Å². The molecule has 2 heterocycles. The Morgan fingerprint density at radius 1 is 1.35 bits per heavy atom. The summed E-state index contributed by atoms with van der Waals surface area (Å²) >= 11 is 0. The average Bonchev–Trinajstić information content (AvgIpc) is 3.02. The number of fused-ring (bicyclic) bond motifs is 1. The quantitative estimate of drug-likeness (QED) is 0.847. The third-order valence-corrected chi connectivity index (χ3v) is 4.14. The van der Waals surface area contributed by atoms with Gasteiger partial charge in [-0.05, 0) is 25.0 Å². The van der Waals surface area contributed by atoms with E-state index in [1.54, 1.807) is 18.2 Å². The van der Waals surface area contributed by atoms with E-state index in [9.17, 15) is 14.4 Å². The van der Waals surface area contributed by atoms with Crippen molar-refractivity contribution in [3.05, 3.63) is 40.4 Å². The number of carbonyl (C=O) groups excluding carboxylic acids is 2. The summed E-state index contributed by atoms with van der Waals surface area (Å²) < 4.78 is 0. The molecule has 120 valence electrons. The molecule has 23 heavy (non-hydrogen) atoms. The van der Waals surface area contributed by atoms with Gasteiger partial charge in [-0.2, -0.15) is 0 Å². The lowest BCUT2D eigenvalue weighted by molar-refractivity contribution is -0.137. The SMILES string of the molecule is NC(=O)[C@@H]1CCCN1C(=O)CCc1nc2ccccc2c(=O)[nH]1. The van der Waals surface area contributed by atoms with E-state index in [0.29, 0.717) is 36.1 Å². The Morgan fingerprint density at radius 3 is 2.91 bits per heavy atom. The molecule has 0 saturated carbocycles. The first-order valence-corrected chi connectivity index (χ1v) is 7.63. The van der Waals surface area contributed by atoms with E-state index in [1.165, 1.54) is 4.90 Å². The minimum atomic E-state index is -0.508. The standard InChI is InChI=1S/C16H18N4O3/c17-15(22)12-6-3-9-20(12)14(21)8-7-13-18-11-5-2-1-4-10(11)16(23)19-13/h1-2,4-5,12H,3,6-9H2,(H2,17,22)(H,18,19,23)/t12-/m0/s1. The lowest BCUT2D eigenvalue weighted by Gasteiger charge is -2.22. The number of hydrogen-bond acceptors (Lipinski definition) is 4. The van der Waals surface area contributed by atoms with Crippen molar-refractivity contribution in [2.75, 3.05) is 6.54 Å².